The molecule has 0 bridgehead atoms. The summed E-state index contributed by atoms with van der Waals surface area (Å²) in [7, 11) is 0. The summed E-state index contributed by atoms with van der Waals surface area (Å²) in [5.41, 5.74) is 4.18. The van der Waals surface area contributed by atoms with E-state index in [1.54, 1.807) is 0 Å². The molecule has 0 radical (unpaired) electrons. The van der Waals surface area contributed by atoms with E-state index in [1.807, 2.05) is 0 Å². The van der Waals surface area contributed by atoms with Crippen LogP contribution in [0, 0.1) is 10.1 Å². The highest BCUT2D eigenvalue weighted by Crippen LogP contribution is 1.86. The third-order valence-corrected chi connectivity index (χ3v) is 0.420. The lowest BCUT2D eigenvalue weighted by atomic mass is 10.6. The smallest absolute Gasteiger partial charge is 0.361 e. The molecular formula is C2H3FN2O3. The van der Waals surface area contributed by atoms with Gasteiger partial charge < -0.3 is 5.73 Å². The number of rotatable bonds is 2. The van der Waals surface area contributed by atoms with Gasteiger partial charge in [0.2, 0.25) is 0 Å². The van der Waals surface area contributed by atoms with Gasteiger partial charge in [0, 0.05) is 0 Å². The number of carbonyl (C=O) groups is 1. The Hall–Kier alpha value is -1.20. The molecular weight excluding hydrogens is 119 g/mol. The number of halogens is 1. The minimum Gasteiger partial charge on any atom is -0.361 e. The Balaban J connectivity index is 3.83. The highest BCUT2D eigenvalue weighted by molar-refractivity contribution is 5.76. The van der Waals surface area contributed by atoms with Gasteiger partial charge in [0.05, 0.1) is 4.92 Å². The SMILES string of the molecule is NC(=O)C(F)[N+](=O)[O-]. The zero-order valence-corrected chi connectivity index (χ0v) is 3.70. The lowest BCUT2D eigenvalue weighted by Crippen LogP contribution is -2.31. The maximum atomic E-state index is 11.5. The summed E-state index contributed by atoms with van der Waals surface area (Å²) in [4.78, 5) is 17.4. The summed E-state index contributed by atoms with van der Waals surface area (Å²) in [6, 6.07) is 0. The van der Waals surface area contributed by atoms with E-state index >= 15 is 0 Å². The molecule has 0 aromatic heterocycles. The molecule has 0 aliphatic carbocycles. The van der Waals surface area contributed by atoms with Crippen molar-refractivity contribution in [1.29, 1.82) is 0 Å². The van der Waals surface area contributed by atoms with Crippen molar-refractivity contribution in [2.24, 2.45) is 5.73 Å². The minimum atomic E-state index is -2.77. The number of hydrogen-bond donors (Lipinski definition) is 1. The topological polar surface area (TPSA) is 86.2 Å². The van der Waals surface area contributed by atoms with Gasteiger partial charge in [-0.15, -0.1) is 0 Å². The number of nitro groups is 1. The average molecular weight is 122 g/mol. The van der Waals surface area contributed by atoms with Crippen molar-refractivity contribution < 1.29 is 14.1 Å². The number of nitrogens with zero attached hydrogens (tertiary/aromatic N) is 1. The summed E-state index contributed by atoms with van der Waals surface area (Å²) in [6.07, 6.45) is -2.77. The molecule has 0 aliphatic rings. The molecule has 1 atom stereocenters. The predicted octanol–water partition coefficient (Wildman–Crippen LogP) is -0.956. The van der Waals surface area contributed by atoms with Crippen molar-refractivity contribution >= 4 is 5.91 Å². The van der Waals surface area contributed by atoms with Crippen LogP contribution in [0.15, 0.2) is 0 Å². The van der Waals surface area contributed by atoms with Gasteiger partial charge in [-0.25, -0.2) is 0 Å². The van der Waals surface area contributed by atoms with E-state index in [2.05, 4.69) is 5.73 Å². The first kappa shape index (κ1) is 6.80. The van der Waals surface area contributed by atoms with Crippen LogP contribution in [0.1, 0.15) is 0 Å². The zero-order valence-electron chi connectivity index (χ0n) is 3.70. The van der Waals surface area contributed by atoms with Gasteiger partial charge in [-0.2, -0.15) is 4.39 Å². The van der Waals surface area contributed by atoms with Gasteiger partial charge in [-0.1, -0.05) is 0 Å². The van der Waals surface area contributed by atoms with Gasteiger partial charge in [-0.05, 0) is 0 Å². The molecule has 0 saturated heterocycles. The van der Waals surface area contributed by atoms with Crippen LogP contribution in [0.4, 0.5) is 4.39 Å². The van der Waals surface area contributed by atoms with E-state index in [0.717, 1.165) is 0 Å². The number of carbonyl (C=O) groups excluding carboxylic acids is 1. The van der Waals surface area contributed by atoms with Crippen molar-refractivity contribution in [1.82, 2.24) is 0 Å². The highest BCUT2D eigenvalue weighted by atomic mass is 19.1. The molecule has 0 aliphatic heterocycles. The average Bonchev–Trinajstić information content (AvgIpc) is 1.64. The molecule has 8 heavy (non-hydrogen) atoms. The summed E-state index contributed by atoms with van der Waals surface area (Å²) in [5, 5.41) is 9.27. The van der Waals surface area contributed by atoms with Crippen LogP contribution in [0.3, 0.4) is 0 Å². The van der Waals surface area contributed by atoms with E-state index in [9.17, 15) is 19.3 Å². The number of nitrogens with two attached hydrogens (primary N) is 1. The third kappa shape index (κ3) is 1.50. The Morgan fingerprint density at radius 2 is 2.25 bits per heavy atom. The molecule has 46 valence electrons. The molecule has 2 N–H and O–H groups in total. The first-order valence-corrected chi connectivity index (χ1v) is 1.62. The molecule has 1 unspecified atom stereocenters. The Labute approximate surface area is 43.4 Å². The first-order chi connectivity index (χ1) is 3.55. The standard InChI is InChI=1S/C2H3FN2O3/c3-1(2(4)6)5(7)8/h1H,(H2,4,6). The van der Waals surface area contributed by atoms with Crippen LogP contribution >= 0.6 is 0 Å². The van der Waals surface area contributed by atoms with Crippen molar-refractivity contribution in [3.05, 3.63) is 10.1 Å². The van der Waals surface area contributed by atoms with Gasteiger partial charge in [0.25, 0.3) is 0 Å². The monoisotopic (exact) mass is 122 g/mol. The van der Waals surface area contributed by atoms with Crippen LogP contribution in [-0.4, -0.2) is 17.1 Å². The molecule has 5 nitrogen and oxygen atoms in total. The maximum absolute atomic E-state index is 11.5. The number of hydrogen-bond acceptors (Lipinski definition) is 3. The zero-order chi connectivity index (χ0) is 6.73. The maximum Gasteiger partial charge on any atom is 0.426 e. The fourth-order valence-electron chi connectivity index (χ4n) is 0.104. The summed E-state index contributed by atoms with van der Waals surface area (Å²) < 4.78 is 11.5. The first-order valence-electron chi connectivity index (χ1n) is 1.62. The third-order valence-electron chi connectivity index (χ3n) is 0.420. The van der Waals surface area contributed by atoms with Crippen molar-refractivity contribution in [2.45, 2.75) is 6.30 Å². The van der Waals surface area contributed by atoms with E-state index in [-0.39, 0.29) is 0 Å². The van der Waals surface area contributed by atoms with E-state index in [1.165, 1.54) is 0 Å². The van der Waals surface area contributed by atoms with Crippen molar-refractivity contribution in [2.75, 3.05) is 0 Å². The summed E-state index contributed by atoms with van der Waals surface area (Å²) in [6.45, 7) is 0. The molecule has 1 amide bonds. The molecule has 0 spiro atoms. The van der Waals surface area contributed by atoms with E-state index in [0.29, 0.717) is 0 Å². The number of amides is 1. The lowest BCUT2D eigenvalue weighted by Gasteiger charge is -1.89. The Bertz CT molecular complexity index is 110. The summed E-state index contributed by atoms with van der Waals surface area (Å²) in [5.74, 6) is -1.57. The molecule has 0 fully saturated rings. The summed E-state index contributed by atoms with van der Waals surface area (Å²) >= 11 is 0. The predicted molar refractivity (Wildman–Crippen MR) is 21.1 cm³/mol. The van der Waals surface area contributed by atoms with Crippen LogP contribution in [0.2, 0.25) is 0 Å². The van der Waals surface area contributed by atoms with Crippen molar-refractivity contribution in [3.63, 3.8) is 0 Å². The molecule has 6 heteroatoms. The van der Waals surface area contributed by atoms with Crippen LogP contribution in [-0.2, 0) is 4.79 Å². The van der Waals surface area contributed by atoms with Crippen molar-refractivity contribution in [3.8, 4) is 0 Å². The van der Waals surface area contributed by atoms with Gasteiger partial charge in [0.1, 0.15) is 0 Å². The highest BCUT2D eigenvalue weighted by Gasteiger charge is 2.24. The molecule has 0 saturated carbocycles. The van der Waals surface area contributed by atoms with Crippen LogP contribution in [0.5, 0.6) is 0 Å². The Kier molecular flexibility index (Phi) is 1.87. The molecule has 0 rings (SSSR count). The quantitative estimate of drug-likeness (QED) is 0.291. The second-order valence-electron chi connectivity index (χ2n) is 1.02. The Morgan fingerprint density at radius 3 is 2.25 bits per heavy atom. The lowest BCUT2D eigenvalue weighted by molar-refractivity contribution is -0.536. The largest absolute Gasteiger partial charge is 0.426 e. The van der Waals surface area contributed by atoms with Gasteiger partial charge in [-0.3, -0.25) is 14.9 Å². The molecule has 0 aromatic carbocycles. The fourth-order valence-corrected chi connectivity index (χ4v) is 0.104. The van der Waals surface area contributed by atoms with Crippen LogP contribution in [0.25, 0.3) is 0 Å². The van der Waals surface area contributed by atoms with Gasteiger partial charge in [0.15, 0.2) is 0 Å². The minimum absolute atomic E-state index is 1.40. The second-order valence-corrected chi connectivity index (χ2v) is 1.02. The fraction of sp³-hybridized carbons (Fsp3) is 0.500. The number of primary amides is 1. The van der Waals surface area contributed by atoms with Crippen LogP contribution < -0.4 is 5.73 Å². The molecule has 0 heterocycles. The van der Waals surface area contributed by atoms with E-state index in [4.69, 9.17) is 0 Å². The normalized spacial score (nSPS) is 12.6. The number of alkyl halides is 1. The second kappa shape index (κ2) is 2.20. The molecule has 0 aromatic rings. The Morgan fingerprint density at radius 1 is 1.88 bits per heavy atom. The van der Waals surface area contributed by atoms with Gasteiger partial charge >= 0.3 is 12.2 Å². The van der Waals surface area contributed by atoms with E-state index < -0.39 is 17.1 Å².